The minimum absolute atomic E-state index is 0.474. The predicted octanol–water partition coefficient (Wildman–Crippen LogP) is 2.21. The number of carbonyl (C=O) groups is 1. The first-order valence-corrected chi connectivity index (χ1v) is 5.29. The lowest BCUT2D eigenvalue weighted by Gasteiger charge is -2.14. The summed E-state index contributed by atoms with van der Waals surface area (Å²) in [7, 11) is 0. The molecule has 0 aromatic heterocycles. The number of aliphatic carboxylic acids is 1. The fourth-order valence-corrected chi connectivity index (χ4v) is 1.39. The Hall–Kier alpha value is -1.09. The van der Waals surface area contributed by atoms with Gasteiger partial charge in [0.05, 0.1) is 0 Å². The minimum Gasteiger partial charge on any atom is -0.480 e. The second kappa shape index (κ2) is 8.24. The smallest absolute Gasteiger partial charge is 0.320 e. The zero-order valence-corrected chi connectivity index (χ0v) is 9.41. The van der Waals surface area contributed by atoms with Crippen LogP contribution in [0.15, 0.2) is 25.3 Å². The van der Waals surface area contributed by atoms with Crippen LogP contribution in [0.4, 0.5) is 0 Å². The molecule has 0 spiro atoms. The lowest BCUT2D eigenvalue weighted by Crippen LogP contribution is -2.34. The fourth-order valence-electron chi connectivity index (χ4n) is 1.39. The van der Waals surface area contributed by atoms with E-state index in [2.05, 4.69) is 18.5 Å². The van der Waals surface area contributed by atoms with Gasteiger partial charge in [0, 0.05) is 0 Å². The topological polar surface area (TPSA) is 49.3 Å². The molecule has 0 heterocycles. The average Bonchev–Trinajstić information content (AvgIpc) is 2.18. The van der Waals surface area contributed by atoms with Gasteiger partial charge in [0.1, 0.15) is 6.04 Å². The Kier molecular flexibility index (Phi) is 7.64. The van der Waals surface area contributed by atoms with Crippen molar-refractivity contribution in [2.75, 3.05) is 6.54 Å². The molecule has 0 saturated heterocycles. The van der Waals surface area contributed by atoms with Crippen molar-refractivity contribution in [3.63, 3.8) is 0 Å². The maximum absolute atomic E-state index is 10.5. The number of rotatable bonds is 9. The molecule has 86 valence electrons. The van der Waals surface area contributed by atoms with E-state index in [1.807, 2.05) is 12.2 Å². The standard InChI is InChI=1S/C12H21NO2/c1-4-6-11(7-5-2)8-9-13-10(3)12(14)15/h4-5,10-11,13H,1-2,6-9H2,3H3,(H,14,15). The van der Waals surface area contributed by atoms with Crippen molar-refractivity contribution in [2.24, 2.45) is 5.92 Å². The lowest BCUT2D eigenvalue weighted by molar-refractivity contribution is -0.139. The first-order valence-electron chi connectivity index (χ1n) is 5.29. The van der Waals surface area contributed by atoms with E-state index >= 15 is 0 Å². The maximum atomic E-state index is 10.5. The Labute approximate surface area is 91.9 Å². The summed E-state index contributed by atoms with van der Waals surface area (Å²) in [6, 6.07) is -0.474. The van der Waals surface area contributed by atoms with Gasteiger partial charge in [-0.2, -0.15) is 0 Å². The largest absolute Gasteiger partial charge is 0.480 e. The first kappa shape index (κ1) is 13.9. The van der Waals surface area contributed by atoms with Gasteiger partial charge in [-0.05, 0) is 38.6 Å². The van der Waals surface area contributed by atoms with Crippen LogP contribution in [0.25, 0.3) is 0 Å². The highest BCUT2D eigenvalue weighted by atomic mass is 16.4. The minimum atomic E-state index is -0.806. The van der Waals surface area contributed by atoms with Crippen LogP contribution < -0.4 is 5.32 Å². The summed E-state index contributed by atoms with van der Waals surface area (Å²) in [4.78, 5) is 10.5. The van der Waals surface area contributed by atoms with Crippen LogP contribution >= 0.6 is 0 Å². The molecule has 0 aliphatic rings. The highest BCUT2D eigenvalue weighted by Gasteiger charge is 2.10. The van der Waals surface area contributed by atoms with Crippen molar-refractivity contribution < 1.29 is 9.90 Å². The molecular weight excluding hydrogens is 190 g/mol. The highest BCUT2D eigenvalue weighted by molar-refractivity contribution is 5.72. The van der Waals surface area contributed by atoms with Gasteiger partial charge >= 0.3 is 5.97 Å². The molecule has 0 aromatic carbocycles. The highest BCUT2D eigenvalue weighted by Crippen LogP contribution is 2.13. The van der Waals surface area contributed by atoms with Crippen molar-refractivity contribution in [3.05, 3.63) is 25.3 Å². The third-order valence-electron chi connectivity index (χ3n) is 2.37. The van der Waals surface area contributed by atoms with Gasteiger partial charge in [-0.25, -0.2) is 0 Å². The van der Waals surface area contributed by atoms with E-state index in [0.717, 1.165) is 25.8 Å². The molecule has 0 rings (SSSR count). The third-order valence-corrected chi connectivity index (χ3v) is 2.37. The number of hydrogen-bond acceptors (Lipinski definition) is 2. The van der Waals surface area contributed by atoms with Crippen molar-refractivity contribution >= 4 is 5.97 Å². The van der Waals surface area contributed by atoms with Gasteiger partial charge in [-0.15, -0.1) is 13.2 Å². The van der Waals surface area contributed by atoms with Crippen LogP contribution in [0.3, 0.4) is 0 Å². The van der Waals surface area contributed by atoms with Gasteiger partial charge in [-0.3, -0.25) is 4.79 Å². The molecular formula is C12H21NO2. The zero-order valence-electron chi connectivity index (χ0n) is 9.41. The van der Waals surface area contributed by atoms with Gasteiger partial charge < -0.3 is 10.4 Å². The van der Waals surface area contributed by atoms with Crippen molar-refractivity contribution in [1.82, 2.24) is 5.32 Å². The summed E-state index contributed by atoms with van der Waals surface area (Å²) in [6.07, 6.45) is 6.66. The van der Waals surface area contributed by atoms with Crippen LogP contribution in [-0.4, -0.2) is 23.7 Å². The molecule has 1 atom stereocenters. The number of carboxylic acids is 1. The summed E-state index contributed by atoms with van der Waals surface area (Å²) in [5, 5.41) is 11.6. The Morgan fingerprint density at radius 1 is 1.40 bits per heavy atom. The molecule has 0 aliphatic heterocycles. The summed E-state index contributed by atoms with van der Waals surface area (Å²) in [5.74, 6) is -0.285. The zero-order chi connectivity index (χ0) is 11.7. The van der Waals surface area contributed by atoms with E-state index in [4.69, 9.17) is 5.11 Å². The lowest BCUT2D eigenvalue weighted by atomic mass is 9.97. The van der Waals surface area contributed by atoms with Gasteiger partial charge in [0.15, 0.2) is 0 Å². The second-order valence-corrected chi connectivity index (χ2v) is 3.72. The summed E-state index contributed by atoms with van der Waals surface area (Å²) in [6.45, 7) is 9.78. The monoisotopic (exact) mass is 211 g/mol. The van der Waals surface area contributed by atoms with Crippen LogP contribution in [0.5, 0.6) is 0 Å². The number of hydrogen-bond donors (Lipinski definition) is 2. The van der Waals surface area contributed by atoms with Crippen molar-refractivity contribution in [2.45, 2.75) is 32.2 Å². The quantitative estimate of drug-likeness (QED) is 0.575. The second-order valence-electron chi connectivity index (χ2n) is 3.72. The van der Waals surface area contributed by atoms with Gasteiger partial charge in [0.25, 0.3) is 0 Å². The van der Waals surface area contributed by atoms with E-state index in [1.165, 1.54) is 0 Å². The van der Waals surface area contributed by atoms with Crippen molar-refractivity contribution in [3.8, 4) is 0 Å². The molecule has 15 heavy (non-hydrogen) atoms. The summed E-state index contributed by atoms with van der Waals surface area (Å²) < 4.78 is 0. The molecule has 3 heteroatoms. The van der Waals surface area contributed by atoms with Gasteiger partial charge in [-0.1, -0.05) is 12.2 Å². The molecule has 0 aromatic rings. The normalized spacial score (nSPS) is 12.4. The van der Waals surface area contributed by atoms with E-state index in [-0.39, 0.29) is 0 Å². The van der Waals surface area contributed by atoms with Crippen LogP contribution in [0.2, 0.25) is 0 Å². The van der Waals surface area contributed by atoms with E-state index in [1.54, 1.807) is 6.92 Å². The predicted molar refractivity (Wildman–Crippen MR) is 62.8 cm³/mol. The Balaban J connectivity index is 3.73. The van der Waals surface area contributed by atoms with Crippen molar-refractivity contribution in [1.29, 1.82) is 0 Å². The van der Waals surface area contributed by atoms with E-state index in [0.29, 0.717) is 5.92 Å². The van der Waals surface area contributed by atoms with Gasteiger partial charge in [0.2, 0.25) is 0 Å². The molecule has 0 saturated carbocycles. The molecule has 0 bridgehead atoms. The Morgan fingerprint density at radius 3 is 2.33 bits per heavy atom. The van der Waals surface area contributed by atoms with Crippen LogP contribution in [-0.2, 0) is 4.79 Å². The molecule has 0 fully saturated rings. The Morgan fingerprint density at radius 2 is 1.93 bits per heavy atom. The van der Waals surface area contributed by atoms with E-state index in [9.17, 15) is 4.79 Å². The molecule has 1 unspecified atom stereocenters. The van der Waals surface area contributed by atoms with Crippen LogP contribution in [0.1, 0.15) is 26.2 Å². The summed E-state index contributed by atoms with van der Waals surface area (Å²) >= 11 is 0. The number of carboxylic acid groups (broad SMARTS) is 1. The molecule has 2 N–H and O–H groups in total. The Bertz CT molecular complexity index is 204. The maximum Gasteiger partial charge on any atom is 0.320 e. The average molecular weight is 211 g/mol. The molecule has 0 amide bonds. The van der Waals surface area contributed by atoms with Crippen LogP contribution in [0, 0.1) is 5.92 Å². The molecule has 3 nitrogen and oxygen atoms in total. The number of allylic oxidation sites excluding steroid dienone is 2. The SMILES string of the molecule is C=CCC(CC=C)CCNC(C)C(=O)O. The molecule has 0 aliphatic carbocycles. The number of nitrogens with one attached hydrogen (secondary N) is 1. The fraction of sp³-hybridized carbons (Fsp3) is 0.583. The summed E-state index contributed by atoms with van der Waals surface area (Å²) in [5.41, 5.74) is 0. The first-order chi connectivity index (χ1) is 7.11. The van der Waals surface area contributed by atoms with E-state index < -0.39 is 12.0 Å². The third kappa shape index (κ3) is 6.91. The molecule has 0 radical (unpaired) electrons.